The van der Waals surface area contributed by atoms with E-state index in [2.05, 4.69) is 10.2 Å². The second kappa shape index (κ2) is 11.6. The van der Waals surface area contributed by atoms with Crippen molar-refractivity contribution >= 4 is 0 Å². The van der Waals surface area contributed by atoms with Crippen LogP contribution in [0.4, 0.5) is 0 Å². The van der Waals surface area contributed by atoms with E-state index in [1.54, 1.807) is 14.2 Å². The summed E-state index contributed by atoms with van der Waals surface area (Å²) in [5, 5.41) is 3.71. The summed E-state index contributed by atoms with van der Waals surface area (Å²) in [6.07, 6.45) is 8.06. The molecule has 1 rings (SSSR count). The third kappa shape index (κ3) is 8.58. The van der Waals surface area contributed by atoms with Crippen LogP contribution in [0.1, 0.15) is 38.5 Å². The molecule has 0 aromatic heterocycles. The first kappa shape index (κ1) is 16.9. The highest BCUT2D eigenvalue weighted by Crippen LogP contribution is 2.16. The molecule has 19 heavy (non-hydrogen) atoms. The number of nitrogens with zero attached hydrogens (tertiary/aromatic N) is 1. The molecular formula is C15H32N2O2. The summed E-state index contributed by atoms with van der Waals surface area (Å²) in [7, 11) is 3.54. The van der Waals surface area contributed by atoms with E-state index in [1.165, 1.54) is 32.1 Å². The first-order chi connectivity index (χ1) is 9.36. The van der Waals surface area contributed by atoms with Crippen LogP contribution < -0.4 is 5.32 Å². The number of hydrogen-bond donors (Lipinski definition) is 1. The fraction of sp³-hybridized carbons (Fsp3) is 1.00. The lowest BCUT2D eigenvalue weighted by atomic mass is 9.95. The van der Waals surface area contributed by atoms with E-state index in [1.807, 2.05) is 0 Å². The van der Waals surface area contributed by atoms with Crippen molar-refractivity contribution in [3.63, 3.8) is 0 Å². The topological polar surface area (TPSA) is 33.7 Å². The van der Waals surface area contributed by atoms with Crippen LogP contribution in [0.5, 0.6) is 0 Å². The molecule has 0 spiro atoms. The smallest absolute Gasteiger partial charge is 0.0589 e. The average molecular weight is 272 g/mol. The van der Waals surface area contributed by atoms with Gasteiger partial charge in [0, 0.05) is 53.0 Å². The molecule has 0 aliphatic heterocycles. The minimum absolute atomic E-state index is 0.761. The van der Waals surface area contributed by atoms with Crippen molar-refractivity contribution in [2.75, 3.05) is 53.6 Å². The molecule has 1 N–H and O–H groups in total. The first-order valence-corrected chi connectivity index (χ1v) is 7.80. The van der Waals surface area contributed by atoms with Gasteiger partial charge in [-0.1, -0.05) is 19.3 Å². The van der Waals surface area contributed by atoms with E-state index >= 15 is 0 Å². The Morgan fingerprint density at radius 1 is 0.947 bits per heavy atom. The second-order valence-corrected chi connectivity index (χ2v) is 5.47. The number of rotatable bonds is 11. The highest BCUT2D eigenvalue weighted by Gasteiger charge is 2.12. The normalized spacial score (nSPS) is 17.2. The Morgan fingerprint density at radius 3 is 2.37 bits per heavy atom. The minimum atomic E-state index is 0.761. The second-order valence-electron chi connectivity index (χ2n) is 5.47. The monoisotopic (exact) mass is 272 g/mol. The van der Waals surface area contributed by atoms with Gasteiger partial charge >= 0.3 is 0 Å². The maximum Gasteiger partial charge on any atom is 0.0589 e. The molecule has 0 heterocycles. The molecule has 1 saturated carbocycles. The predicted molar refractivity (Wildman–Crippen MR) is 79.7 cm³/mol. The van der Waals surface area contributed by atoms with Gasteiger partial charge in [-0.15, -0.1) is 0 Å². The molecule has 114 valence electrons. The van der Waals surface area contributed by atoms with Crippen molar-refractivity contribution in [2.45, 2.75) is 44.6 Å². The molecule has 0 atom stereocenters. The van der Waals surface area contributed by atoms with E-state index in [9.17, 15) is 0 Å². The SMILES string of the molecule is COCCCN(CCNC1CCCCC1)CCOC. The fourth-order valence-electron chi connectivity index (χ4n) is 2.72. The molecule has 0 aromatic carbocycles. The molecule has 0 radical (unpaired) electrons. The molecule has 0 amide bonds. The molecule has 1 aliphatic carbocycles. The van der Waals surface area contributed by atoms with Crippen molar-refractivity contribution in [2.24, 2.45) is 0 Å². The Kier molecular flexibility index (Phi) is 10.4. The molecule has 0 saturated heterocycles. The van der Waals surface area contributed by atoms with Gasteiger partial charge in [-0.3, -0.25) is 4.90 Å². The molecular weight excluding hydrogens is 240 g/mol. The van der Waals surface area contributed by atoms with Gasteiger partial charge < -0.3 is 14.8 Å². The fourth-order valence-corrected chi connectivity index (χ4v) is 2.72. The Morgan fingerprint density at radius 2 is 1.68 bits per heavy atom. The van der Waals surface area contributed by atoms with E-state index < -0.39 is 0 Å². The first-order valence-electron chi connectivity index (χ1n) is 7.80. The van der Waals surface area contributed by atoms with Crippen LogP contribution in [0.15, 0.2) is 0 Å². The number of ether oxygens (including phenoxy) is 2. The third-order valence-electron chi connectivity index (χ3n) is 3.90. The van der Waals surface area contributed by atoms with Crippen LogP contribution in [-0.2, 0) is 9.47 Å². The van der Waals surface area contributed by atoms with Crippen LogP contribution in [-0.4, -0.2) is 64.6 Å². The van der Waals surface area contributed by atoms with Gasteiger partial charge in [0.2, 0.25) is 0 Å². The Labute approximate surface area is 118 Å². The maximum absolute atomic E-state index is 5.18. The van der Waals surface area contributed by atoms with Crippen LogP contribution >= 0.6 is 0 Å². The van der Waals surface area contributed by atoms with Crippen molar-refractivity contribution in [3.8, 4) is 0 Å². The summed E-state index contributed by atoms with van der Waals surface area (Å²) < 4.78 is 10.3. The predicted octanol–water partition coefficient (Wildman–Crippen LogP) is 1.89. The van der Waals surface area contributed by atoms with Crippen molar-refractivity contribution in [1.82, 2.24) is 10.2 Å². The third-order valence-corrected chi connectivity index (χ3v) is 3.90. The standard InChI is InChI=1S/C15H32N2O2/c1-18-13-6-10-17(12-14-19-2)11-9-16-15-7-4-3-5-8-15/h15-16H,3-14H2,1-2H3. The Balaban J connectivity index is 2.11. The highest BCUT2D eigenvalue weighted by molar-refractivity contribution is 4.72. The summed E-state index contributed by atoms with van der Waals surface area (Å²) in [5.41, 5.74) is 0. The summed E-state index contributed by atoms with van der Waals surface area (Å²) in [6.45, 7) is 6.00. The van der Waals surface area contributed by atoms with Gasteiger partial charge in [0.15, 0.2) is 0 Å². The van der Waals surface area contributed by atoms with Crippen LogP contribution in [0.2, 0.25) is 0 Å². The lowest BCUT2D eigenvalue weighted by Crippen LogP contribution is -2.39. The lowest BCUT2D eigenvalue weighted by Gasteiger charge is -2.26. The molecule has 1 aliphatic rings. The highest BCUT2D eigenvalue weighted by atomic mass is 16.5. The quantitative estimate of drug-likeness (QED) is 0.582. The number of methoxy groups -OCH3 is 2. The van der Waals surface area contributed by atoms with Gasteiger partial charge in [0.25, 0.3) is 0 Å². The molecule has 0 unspecified atom stereocenters. The largest absolute Gasteiger partial charge is 0.385 e. The van der Waals surface area contributed by atoms with E-state index in [-0.39, 0.29) is 0 Å². The average Bonchev–Trinajstić information content (AvgIpc) is 2.45. The van der Waals surface area contributed by atoms with Crippen molar-refractivity contribution < 1.29 is 9.47 Å². The summed E-state index contributed by atoms with van der Waals surface area (Å²) in [6, 6.07) is 0.761. The van der Waals surface area contributed by atoms with Gasteiger partial charge in [-0.25, -0.2) is 0 Å². The molecule has 0 bridgehead atoms. The molecule has 4 nitrogen and oxygen atoms in total. The maximum atomic E-state index is 5.18. The lowest BCUT2D eigenvalue weighted by molar-refractivity contribution is 0.132. The van der Waals surface area contributed by atoms with Gasteiger partial charge in [-0.05, 0) is 19.3 Å². The van der Waals surface area contributed by atoms with Gasteiger partial charge in [-0.2, -0.15) is 0 Å². The summed E-state index contributed by atoms with van der Waals surface area (Å²) >= 11 is 0. The Bertz CT molecular complexity index is 197. The van der Waals surface area contributed by atoms with Crippen LogP contribution in [0.3, 0.4) is 0 Å². The summed E-state index contributed by atoms with van der Waals surface area (Å²) in [4.78, 5) is 2.47. The Hall–Kier alpha value is -0.160. The number of hydrogen-bond acceptors (Lipinski definition) is 4. The van der Waals surface area contributed by atoms with Crippen molar-refractivity contribution in [1.29, 1.82) is 0 Å². The van der Waals surface area contributed by atoms with Crippen LogP contribution in [0, 0.1) is 0 Å². The molecule has 0 aromatic rings. The summed E-state index contributed by atoms with van der Waals surface area (Å²) in [5.74, 6) is 0. The van der Waals surface area contributed by atoms with Gasteiger partial charge in [0.1, 0.15) is 0 Å². The zero-order valence-corrected chi connectivity index (χ0v) is 12.8. The van der Waals surface area contributed by atoms with E-state index in [0.717, 1.165) is 51.9 Å². The van der Waals surface area contributed by atoms with Crippen LogP contribution in [0.25, 0.3) is 0 Å². The molecule has 4 heteroatoms. The van der Waals surface area contributed by atoms with Crippen molar-refractivity contribution in [3.05, 3.63) is 0 Å². The zero-order valence-electron chi connectivity index (χ0n) is 12.8. The van der Waals surface area contributed by atoms with E-state index in [0.29, 0.717) is 0 Å². The zero-order chi connectivity index (χ0) is 13.8. The minimum Gasteiger partial charge on any atom is -0.385 e. The van der Waals surface area contributed by atoms with E-state index in [4.69, 9.17) is 9.47 Å². The number of nitrogens with one attached hydrogen (secondary N) is 1. The molecule has 1 fully saturated rings. The van der Waals surface area contributed by atoms with Gasteiger partial charge in [0.05, 0.1) is 6.61 Å².